The number of nitro groups is 1. The minimum absolute atomic E-state index is 0.0637. The summed E-state index contributed by atoms with van der Waals surface area (Å²) in [6.45, 7) is 1.98. The normalized spacial score (nSPS) is 15.9. The topological polar surface area (TPSA) is 55.2 Å². The molecule has 1 N–H and O–H groups in total. The smallest absolute Gasteiger partial charge is 0.271 e. The number of anilines is 1. The van der Waals surface area contributed by atoms with Gasteiger partial charge in [0, 0.05) is 18.2 Å². The number of benzene rings is 1. The highest BCUT2D eigenvalue weighted by molar-refractivity contribution is 6.33. The number of nitro benzene ring substituents is 1. The quantitative estimate of drug-likeness (QED) is 0.659. The van der Waals surface area contributed by atoms with Crippen LogP contribution in [0.2, 0.25) is 5.02 Å². The molecule has 0 aliphatic heterocycles. The second-order valence-corrected chi connectivity index (χ2v) is 5.11. The van der Waals surface area contributed by atoms with Gasteiger partial charge in [0.15, 0.2) is 0 Å². The van der Waals surface area contributed by atoms with Crippen molar-refractivity contribution in [3.8, 4) is 0 Å². The number of non-ortho nitro benzene ring substituents is 1. The first-order chi connectivity index (χ1) is 8.61. The van der Waals surface area contributed by atoms with Gasteiger partial charge in [-0.3, -0.25) is 10.1 Å². The molecule has 1 saturated carbocycles. The molecule has 0 amide bonds. The lowest BCUT2D eigenvalue weighted by Crippen LogP contribution is -2.16. The highest BCUT2D eigenvalue weighted by Crippen LogP contribution is 2.34. The van der Waals surface area contributed by atoms with Gasteiger partial charge < -0.3 is 5.32 Å². The van der Waals surface area contributed by atoms with E-state index in [0.717, 1.165) is 30.5 Å². The molecule has 4 nitrogen and oxygen atoms in total. The van der Waals surface area contributed by atoms with E-state index in [1.807, 2.05) is 6.92 Å². The molecule has 2 rings (SSSR count). The van der Waals surface area contributed by atoms with Crippen LogP contribution in [0.4, 0.5) is 11.4 Å². The maximum absolute atomic E-state index is 10.8. The number of aryl methyl sites for hydroxylation is 1. The van der Waals surface area contributed by atoms with Crippen LogP contribution in [0.1, 0.15) is 38.2 Å². The molecule has 0 bridgehead atoms. The molecule has 1 aliphatic carbocycles. The van der Waals surface area contributed by atoms with Gasteiger partial charge in [-0.15, -0.1) is 0 Å². The maximum Gasteiger partial charge on any atom is 0.271 e. The summed E-state index contributed by atoms with van der Waals surface area (Å²) in [4.78, 5) is 10.4. The Kier molecular flexibility index (Phi) is 4.07. The Labute approximate surface area is 111 Å². The van der Waals surface area contributed by atoms with Crippen LogP contribution >= 0.6 is 11.6 Å². The summed E-state index contributed by atoms with van der Waals surface area (Å²) >= 11 is 6.17. The van der Waals surface area contributed by atoms with Crippen molar-refractivity contribution in [2.24, 2.45) is 0 Å². The highest BCUT2D eigenvalue weighted by atomic mass is 35.5. The third-order valence-electron chi connectivity index (χ3n) is 3.45. The molecule has 18 heavy (non-hydrogen) atoms. The van der Waals surface area contributed by atoms with Gasteiger partial charge in [-0.1, -0.05) is 31.4 Å². The van der Waals surface area contributed by atoms with Crippen molar-refractivity contribution >= 4 is 23.0 Å². The predicted molar refractivity (Wildman–Crippen MR) is 73.4 cm³/mol. The SMILES string of the molecule is CCc1cc([N+](=O)[O-])cc(Cl)c1NC1CCCC1. The molecular formula is C13H17ClN2O2. The monoisotopic (exact) mass is 268 g/mol. The zero-order valence-corrected chi connectivity index (χ0v) is 11.2. The lowest BCUT2D eigenvalue weighted by atomic mass is 10.1. The molecule has 0 spiro atoms. The summed E-state index contributed by atoms with van der Waals surface area (Å²) in [6.07, 6.45) is 5.51. The summed E-state index contributed by atoms with van der Waals surface area (Å²) < 4.78 is 0. The lowest BCUT2D eigenvalue weighted by molar-refractivity contribution is -0.384. The number of nitrogens with one attached hydrogen (secondary N) is 1. The van der Waals surface area contributed by atoms with Crippen LogP contribution in [-0.2, 0) is 6.42 Å². The van der Waals surface area contributed by atoms with Crippen molar-refractivity contribution < 1.29 is 4.92 Å². The third kappa shape index (κ3) is 2.75. The van der Waals surface area contributed by atoms with E-state index in [9.17, 15) is 10.1 Å². The summed E-state index contributed by atoms with van der Waals surface area (Å²) in [6, 6.07) is 3.50. The Balaban J connectivity index is 2.30. The van der Waals surface area contributed by atoms with Gasteiger partial charge in [0.2, 0.25) is 0 Å². The average molecular weight is 269 g/mol. The van der Waals surface area contributed by atoms with Gasteiger partial charge in [0.25, 0.3) is 5.69 Å². The van der Waals surface area contributed by atoms with E-state index in [-0.39, 0.29) is 5.69 Å². The lowest BCUT2D eigenvalue weighted by Gasteiger charge is -2.18. The summed E-state index contributed by atoms with van der Waals surface area (Å²) in [5.41, 5.74) is 1.85. The van der Waals surface area contributed by atoms with Crippen LogP contribution in [0.5, 0.6) is 0 Å². The van der Waals surface area contributed by atoms with Crippen LogP contribution in [0.15, 0.2) is 12.1 Å². The molecule has 0 unspecified atom stereocenters. The van der Waals surface area contributed by atoms with E-state index < -0.39 is 4.92 Å². The second-order valence-electron chi connectivity index (χ2n) is 4.70. The van der Waals surface area contributed by atoms with Gasteiger partial charge >= 0.3 is 0 Å². The summed E-state index contributed by atoms with van der Waals surface area (Å²) in [7, 11) is 0. The number of hydrogen-bond acceptors (Lipinski definition) is 3. The first kappa shape index (κ1) is 13.1. The number of rotatable bonds is 4. The molecule has 1 aromatic rings. The third-order valence-corrected chi connectivity index (χ3v) is 3.75. The molecule has 0 heterocycles. The molecule has 1 aliphatic rings. The van der Waals surface area contributed by atoms with E-state index in [2.05, 4.69) is 5.32 Å². The van der Waals surface area contributed by atoms with Crippen LogP contribution in [0.3, 0.4) is 0 Å². The Morgan fingerprint density at radius 2 is 2.11 bits per heavy atom. The Bertz CT molecular complexity index is 457. The maximum atomic E-state index is 10.8. The minimum atomic E-state index is -0.398. The van der Waals surface area contributed by atoms with Crippen LogP contribution in [0, 0.1) is 10.1 Å². The molecule has 98 valence electrons. The molecule has 1 fully saturated rings. The molecular weight excluding hydrogens is 252 g/mol. The van der Waals surface area contributed by atoms with Crippen LogP contribution in [0.25, 0.3) is 0 Å². The fourth-order valence-corrected chi connectivity index (χ4v) is 2.76. The van der Waals surface area contributed by atoms with E-state index in [1.165, 1.54) is 18.9 Å². The highest BCUT2D eigenvalue weighted by Gasteiger charge is 2.19. The Morgan fingerprint density at radius 3 is 2.67 bits per heavy atom. The van der Waals surface area contributed by atoms with Gasteiger partial charge in [-0.2, -0.15) is 0 Å². The molecule has 0 atom stereocenters. The standard InChI is InChI=1S/C13H17ClN2O2/c1-2-9-7-11(16(17)18)8-12(14)13(9)15-10-5-3-4-6-10/h7-8,10,15H,2-6H2,1H3. The minimum Gasteiger partial charge on any atom is -0.381 e. The van der Waals surface area contributed by atoms with Gasteiger partial charge in [0.05, 0.1) is 15.6 Å². The Morgan fingerprint density at radius 1 is 1.44 bits per heavy atom. The Hall–Kier alpha value is -1.29. The predicted octanol–water partition coefficient (Wildman–Crippen LogP) is 4.17. The fourth-order valence-electron chi connectivity index (χ4n) is 2.47. The first-order valence-electron chi connectivity index (χ1n) is 6.35. The molecule has 5 heteroatoms. The van der Waals surface area contributed by atoms with Crippen molar-refractivity contribution in [2.75, 3.05) is 5.32 Å². The molecule has 0 aromatic heterocycles. The largest absolute Gasteiger partial charge is 0.381 e. The van der Waals surface area contributed by atoms with Crippen molar-refractivity contribution in [1.29, 1.82) is 0 Å². The average Bonchev–Trinajstić information content (AvgIpc) is 2.84. The van der Waals surface area contributed by atoms with Crippen molar-refractivity contribution in [3.05, 3.63) is 32.8 Å². The van der Waals surface area contributed by atoms with Gasteiger partial charge in [-0.05, 0) is 24.8 Å². The summed E-state index contributed by atoms with van der Waals surface area (Å²) in [5.74, 6) is 0. The van der Waals surface area contributed by atoms with E-state index in [0.29, 0.717) is 11.1 Å². The summed E-state index contributed by atoms with van der Waals surface area (Å²) in [5, 5.41) is 14.7. The zero-order valence-electron chi connectivity index (χ0n) is 10.4. The molecule has 1 aromatic carbocycles. The zero-order chi connectivity index (χ0) is 13.1. The number of nitrogens with zero attached hydrogens (tertiary/aromatic N) is 1. The van der Waals surface area contributed by atoms with Crippen molar-refractivity contribution in [1.82, 2.24) is 0 Å². The van der Waals surface area contributed by atoms with Gasteiger partial charge in [-0.25, -0.2) is 0 Å². The van der Waals surface area contributed by atoms with Crippen molar-refractivity contribution in [2.45, 2.75) is 45.1 Å². The molecule has 0 saturated heterocycles. The van der Waals surface area contributed by atoms with Gasteiger partial charge in [0.1, 0.15) is 0 Å². The van der Waals surface area contributed by atoms with E-state index in [4.69, 9.17) is 11.6 Å². The van der Waals surface area contributed by atoms with Crippen LogP contribution in [-0.4, -0.2) is 11.0 Å². The van der Waals surface area contributed by atoms with E-state index >= 15 is 0 Å². The molecule has 0 radical (unpaired) electrons. The number of hydrogen-bond donors (Lipinski definition) is 1. The van der Waals surface area contributed by atoms with Crippen molar-refractivity contribution in [3.63, 3.8) is 0 Å². The van der Waals surface area contributed by atoms with Crippen LogP contribution < -0.4 is 5.32 Å². The fraction of sp³-hybridized carbons (Fsp3) is 0.538. The number of halogens is 1. The van der Waals surface area contributed by atoms with E-state index in [1.54, 1.807) is 6.07 Å². The second kappa shape index (κ2) is 5.57. The first-order valence-corrected chi connectivity index (χ1v) is 6.73.